The largest absolute Gasteiger partial charge is 0.459 e. The molecule has 3 aromatic rings. The fourth-order valence-corrected chi connectivity index (χ4v) is 5.47. The second-order valence-electron chi connectivity index (χ2n) is 7.33. The predicted octanol–water partition coefficient (Wildman–Crippen LogP) is 3.18. The number of nitrogens with one attached hydrogen (secondary N) is 1. The highest BCUT2D eigenvalue weighted by Crippen LogP contribution is 2.29. The van der Waals surface area contributed by atoms with Crippen LogP contribution in [0.1, 0.15) is 26.7 Å². The van der Waals surface area contributed by atoms with Gasteiger partial charge in [-0.25, -0.2) is 13.4 Å². The third kappa shape index (κ3) is 4.57. The molecule has 1 amide bonds. The standard InChI is InChI=1S/C21H23N3O4S2/c1-14-3-8-18(28-14)21-23-15(2)19(29-21)20(25)22-13-16-4-6-17(7-5-16)24-9-11-30(26,27)12-10-24/h3-8H,9-13H2,1-2H3,(H,22,25). The minimum absolute atomic E-state index is 0.162. The predicted molar refractivity (Wildman–Crippen MR) is 118 cm³/mol. The Bertz CT molecular complexity index is 1150. The van der Waals surface area contributed by atoms with Crippen LogP contribution in [0.5, 0.6) is 0 Å². The number of anilines is 1. The molecule has 0 spiro atoms. The van der Waals surface area contributed by atoms with Crippen molar-refractivity contribution in [1.29, 1.82) is 0 Å². The summed E-state index contributed by atoms with van der Waals surface area (Å²) < 4.78 is 28.8. The average Bonchev–Trinajstić information content (AvgIpc) is 3.32. The highest BCUT2D eigenvalue weighted by atomic mass is 32.2. The Hall–Kier alpha value is -2.65. The SMILES string of the molecule is Cc1ccc(-c2nc(C)c(C(=O)NCc3ccc(N4CCS(=O)(=O)CC4)cc3)s2)o1. The molecule has 0 bridgehead atoms. The first kappa shape index (κ1) is 20.6. The van der Waals surface area contributed by atoms with E-state index in [-0.39, 0.29) is 17.4 Å². The van der Waals surface area contributed by atoms with Gasteiger partial charge in [-0.1, -0.05) is 12.1 Å². The minimum atomic E-state index is -2.89. The van der Waals surface area contributed by atoms with E-state index in [4.69, 9.17) is 4.42 Å². The topological polar surface area (TPSA) is 92.5 Å². The molecule has 1 saturated heterocycles. The van der Waals surface area contributed by atoms with E-state index in [9.17, 15) is 13.2 Å². The molecule has 0 unspecified atom stereocenters. The number of hydrogen-bond acceptors (Lipinski definition) is 7. The molecule has 7 nitrogen and oxygen atoms in total. The third-order valence-electron chi connectivity index (χ3n) is 5.05. The highest BCUT2D eigenvalue weighted by Gasteiger charge is 2.22. The lowest BCUT2D eigenvalue weighted by Crippen LogP contribution is -2.40. The number of aromatic nitrogens is 1. The lowest BCUT2D eigenvalue weighted by Gasteiger charge is -2.28. The Labute approximate surface area is 179 Å². The van der Waals surface area contributed by atoms with Crippen LogP contribution in [0.3, 0.4) is 0 Å². The van der Waals surface area contributed by atoms with Crippen molar-refractivity contribution in [2.45, 2.75) is 20.4 Å². The molecular formula is C21H23N3O4S2. The molecule has 1 N–H and O–H groups in total. The van der Waals surface area contributed by atoms with Crippen molar-refractivity contribution < 1.29 is 17.6 Å². The molecule has 4 rings (SSSR count). The van der Waals surface area contributed by atoms with Gasteiger partial charge >= 0.3 is 0 Å². The van der Waals surface area contributed by atoms with E-state index < -0.39 is 9.84 Å². The van der Waals surface area contributed by atoms with E-state index in [1.807, 2.05) is 50.2 Å². The number of thiazole rings is 1. The number of amides is 1. The zero-order valence-electron chi connectivity index (χ0n) is 16.8. The van der Waals surface area contributed by atoms with Crippen LogP contribution in [0.2, 0.25) is 0 Å². The summed E-state index contributed by atoms with van der Waals surface area (Å²) in [4.78, 5) is 19.7. The van der Waals surface area contributed by atoms with E-state index in [0.29, 0.717) is 41.0 Å². The number of nitrogens with zero attached hydrogens (tertiary/aromatic N) is 2. The van der Waals surface area contributed by atoms with Crippen molar-refractivity contribution in [3.8, 4) is 10.8 Å². The Morgan fingerprint density at radius 1 is 1.13 bits per heavy atom. The maximum atomic E-state index is 12.6. The Balaban J connectivity index is 1.37. The van der Waals surface area contributed by atoms with E-state index in [1.165, 1.54) is 11.3 Å². The summed E-state index contributed by atoms with van der Waals surface area (Å²) in [6, 6.07) is 11.6. The third-order valence-corrected chi connectivity index (χ3v) is 7.83. The number of furan rings is 1. The first-order valence-electron chi connectivity index (χ1n) is 9.67. The fraction of sp³-hybridized carbons (Fsp3) is 0.333. The van der Waals surface area contributed by atoms with E-state index in [2.05, 4.69) is 15.2 Å². The van der Waals surface area contributed by atoms with Crippen LogP contribution in [0, 0.1) is 13.8 Å². The van der Waals surface area contributed by atoms with Gasteiger partial charge in [0.05, 0.1) is 17.2 Å². The number of benzene rings is 1. The molecule has 30 heavy (non-hydrogen) atoms. The summed E-state index contributed by atoms with van der Waals surface area (Å²) in [6.07, 6.45) is 0. The number of aryl methyl sites for hydroxylation is 2. The molecule has 0 saturated carbocycles. The van der Waals surface area contributed by atoms with Crippen molar-refractivity contribution in [3.05, 3.63) is 58.3 Å². The highest BCUT2D eigenvalue weighted by molar-refractivity contribution is 7.91. The van der Waals surface area contributed by atoms with Crippen LogP contribution in [-0.4, -0.2) is 43.9 Å². The van der Waals surface area contributed by atoms with Gasteiger partial charge in [0.25, 0.3) is 5.91 Å². The maximum Gasteiger partial charge on any atom is 0.263 e. The molecular weight excluding hydrogens is 422 g/mol. The van der Waals surface area contributed by atoms with Crippen LogP contribution in [0.4, 0.5) is 5.69 Å². The smallest absolute Gasteiger partial charge is 0.263 e. The number of rotatable bonds is 5. The van der Waals surface area contributed by atoms with Crippen LogP contribution in [0.25, 0.3) is 10.8 Å². The minimum Gasteiger partial charge on any atom is -0.459 e. The molecule has 1 aliphatic heterocycles. The number of sulfone groups is 1. The Kier molecular flexibility index (Phi) is 5.66. The molecule has 0 radical (unpaired) electrons. The second-order valence-corrected chi connectivity index (χ2v) is 10.6. The zero-order chi connectivity index (χ0) is 21.3. The van der Waals surface area contributed by atoms with Crippen molar-refractivity contribution in [2.24, 2.45) is 0 Å². The first-order valence-corrected chi connectivity index (χ1v) is 12.3. The van der Waals surface area contributed by atoms with Gasteiger partial charge in [0.1, 0.15) is 10.6 Å². The van der Waals surface area contributed by atoms with Crippen molar-refractivity contribution in [2.75, 3.05) is 29.5 Å². The molecule has 2 aromatic heterocycles. The monoisotopic (exact) mass is 445 g/mol. The van der Waals surface area contributed by atoms with E-state index >= 15 is 0 Å². The normalized spacial score (nSPS) is 15.9. The molecule has 9 heteroatoms. The van der Waals surface area contributed by atoms with Crippen LogP contribution < -0.4 is 10.2 Å². The lowest BCUT2D eigenvalue weighted by molar-refractivity contribution is 0.0954. The fourth-order valence-electron chi connectivity index (χ4n) is 3.32. The Morgan fingerprint density at radius 2 is 1.83 bits per heavy atom. The van der Waals surface area contributed by atoms with Crippen LogP contribution >= 0.6 is 11.3 Å². The Morgan fingerprint density at radius 3 is 2.47 bits per heavy atom. The van der Waals surface area contributed by atoms with Crippen LogP contribution in [0.15, 0.2) is 40.8 Å². The summed E-state index contributed by atoms with van der Waals surface area (Å²) in [7, 11) is -2.89. The molecule has 0 aliphatic carbocycles. The molecule has 1 aliphatic rings. The summed E-state index contributed by atoms with van der Waals surface area (Å²) >= 11 is 1.32. The van der Waals surface area contributed by atoms with Gasteiger partial charge in [-0.05, 0) is 43.7 Å². The molecule has 158 valence electrons. The summed E-state index contributed by atoms with van der Waals surface area (Å²) in [6.45, 7) is 5.12. The van der Waals surface area contributed by atoms with Crippen molar-refractivity contribution in [1.82, 2.24) is 10.3 Å². The second kappa shape index (κ2) is 8.23. The van der Waals surface area contributed by atoms with Gasteiger partial charge in [0.2, 0.25) is 0 Å². The van der Waals surface area contributed by atoms with Gasteiger partial charge < -0.3 is 14.6 Å². The number of hydrogen-bond donors (Lipinski definition) is 1. The molecule has 1 fully saturated rings. The lowest BCUT2D eigenvalue weighted by atomic mass is 10.2. The summed E-state index contributed by atoms with van der Waals surface area (Å²) in [5.41, 5.74) is 2.65. The summed E-state index contributed by atoms with van der Waals surface area (Å²) in [5, 5.41) is 3.64. The number of carbonyl (C=O) groups is 1. The van der Waals surface area contributed by atoms with Gasteiger partial charge in [-0.2, -0.15) is 0 Å². The molecule has 0 atom stereocenters. The van der Waals surface area contributed by atoms with E-state index in [0.717, 1.165) is 17.0 Å². The van der Waals surface area contributed by atoms with Crippen molar-refractivity contribution in [3.63, 3.8) is 0 Å². The van der Waals surface area contributed by atoms with Gasteiger partial charge in [-0.3, -0.25) is 4.79 Å². The summed E-state index contributed by atoms with van der Waals surface area (Å²) in [5.74, 6) is 1.70. The molecule has 1 aromatic carbocycles. The quantitative estimate of drug-likeness (QED) is 0.648. The van der Waals surface area contributed by atoms with Gasteiger partial charge in [0.15, 0.2) is 20.6 Å². The maximum absolute atomic E-state index is 12.6. The molecule has 3 heterocycles. The van der Waals surface area contributed by atoms with Gasteiger partial charge in [0, 0.05) is 25.3 Å². The first-order chi connectivity index (χ1) is 14.3. The van der Waals surface area contributed by atoms with Crippen LogP contribution in [-0.2, 0) is 16.4 Å². The zero-order valence-corrected chi connectivity index (χ0v) is 18.5. The number of carbonyl (C=O) groups excluding carboxylic acids is 1. The van der Waals surface area contributed by atoms with Crippen molar-refractivity contribution >= 4 is 32.8 Å². The van der Waals surface area contributed by atoms with E-state index in [1.54, 1.807) is 0 Å². The average molecular weight is 446 g/mol. The van der Waals surface area contributed by atoms with Gasteiger partial charge in [-0.15, -0.1) is 11.3 Å².